The number of nitrogens with zero attached hydrogens (tertiary/aromatic N) is 4. The third-order valence-corrected chi connectivity index (χ3v) is 6.25. The molecule has 0 bridgehead atoms. The van der Waals surface area contributed by atoms with Gasteiger partial charge in [-0.3, -0.25) is 9.78 Å². The number of benzene rings is 2. The quantitative estimate of drug-likeness (QED) is 0.330. The topological polar surface area (TPSA) is 104 Å². The summed E-state index contributed by atoms with van der Waals surface area (Å²) in [4.78, 5) is 30.7. The van der Waals surface area contributed by atoms with Gasteiger partial charge < -0.3 is 10.5 Å². The number of primary amides is 1. The third kappa shape index (κ3) is 5.01. The Balaban J connectivity index is 1.48. The van der Waals surface area contributed by atoms with E-state index in [1.165, 1.54) is 35.6 Å². The predicted octanol–water partition coefficient (Wildman–Crippen LogP) is 5.40. The standard InChI is InChI=1S/C25H16F3N5O2S/c26-25(27,28)35-16-8-6-14(7-9-16)24-31-13-17(36-24)11-20-22(23(29)34)32-19-5-1-4-18(21(19)33-20)15-3-2-10-30-12-15/h1-10,12-13H,11H2,(H2,29,34). The second kappa shape index (κ2) is 9.34. The van der Waals surface area contributed by atoms with Crippen LogP contribution in [0.3, 0.4) is 0 Å². The van der Waals surface area contributed by atoms with Crippen LogP contribution in [0.25, 0.3) is 32.7 Å². The molecule has 0 unspecified atom stereocenters. The molecule has 0 saturated heterocycles. The number of alkyl halides is 3. The van der Waals surface area contributed by atoms with Crippen LogP contribution in [0.5, 0.6) is 5.75 Å². The highest BCUT2D eigenvalue weighted by Crippen LogP contribution is 2.31. The Labute approximate surface area is 206 Å². The first kappa shape index (κ1) is 23.4. The first-order valence-electron chi connectivity index (χ1n) is 10.6. The fourth-order valence-electron chi connectivity index (χ4n) is 3.67. The highest BCUT2D eigenvalue weighted by atomic mass is 32.1. The highest BCUT2D eigenvalue weighted by molar-refractivity contribution is 7.15. The number of fused-ring (bicyclic) bond motifs is 1. The van der Waals surface area contributed by atoms with Crippen LogP contribution in [-0.4, -0.2) is 32.2 Å². The van der Waals surface area contributed by atoms with Crippen LogP contribution in [0.15, 0.2) is 73.2 Å². The molecular formula is C25H16F3N5O2S. The van der Waals surface area contributed by atoms with E-state index in [4.69, 9.17) is 10.7 Å². The Morgan fingerprint density at radius 2 is 1.78 bits per heavy atom. The number of pyridine rings is 1. The molecule has 2 aromatic carbocycles. The molecule has 180 valence electrons. The van der Waals surface area contributed by atoms with Crippen molar-refractivity contribution < 1.29 is 22.7 Å². The summed E-state index contributed by atoms with van der Waals surface area (Å²) in [7, 11) is 0. The molecular weight excluding hydrogens is 491 g/mol. The second-order valence-corrected chi connectivity index (χ2v) is 8.79. The van der Waals surface area contributed by atoms with Gasteiger partial charge >= 0.3 is 6.36 Å². The van der Waals surface area contributed by atoms with Crippen molar-refractivity contribution in [2.24, 2.45) is 5.73 Å². The zero-order chi connectivity index (χ0) is 25.3. The lowest BCUT2D eigenvalue weighted by Gasteiger charge is -2.10. The van der Waals surface area contributed by atoms with E-state index in [-0.39, 0.29) is 17.9 Å². The first-order valence-corrected chi connectivity index (χ1v) is 11.4. The number of carbonyl (C=O) groups is 1. The fraction of sp³-hybridized carbons (Fsp3) is 0.0800. The number of rotatable bonds is 6. The number of carbonyl (C=O) groups excluding carboxylic acids is 1. The van der Waals surface area contributed by atoms with Gasteiger partial charge in [0.2, 0.25) is 0 Å². The Kier molecular flexibility index (Phi) is 6.06. The highest BCUT2D eigenvalue weighted by Gasteiger charge is 2.31. The van der Waals surface area contributed by atoms with E-state index >= 15 is 0 Å². The summed E-state index contributed by atoms with van der Waals surface area (Å²) >= 11 is 1.32. The predicted molar refractivity (Wildman–Crippen MR) is 128 cm³/mol. The zero-order valence-electron chi connectivity index (χ0n) is 18.4. The van der Waals surface area contributed by atoms with Crippen molar-refractivity contribution in [3.05, 3.63) is 89.5 Å². The number of thiazole rings is 1. The summed E-state index contributed by atoms with van der Waals surface area (Å²) in [6.07, 6.45) is 0.513. The molecule has 7 nitrogen and oxygen atoms in total. The van der Waals surface area contributed by atoms with Gasteiger partial charge in [0.05, 0.1) is 16.7 Å². The Hall–Kier alpha value is -4.38. The lowest BCUT2D eigenvalue weighted by molar-refractivity contribution is -0.274. The summed E-state index contributed by atoms with van der Waals surface area (Å²) in [5, 5.41) is 0.592. The molecule has 0 saturated carbocycles. The zero-order valence-corrected chi connectivity index (χ0v) is 19.2. The van der Waals surface area contributed by atoms with E-state index in [1.54, 1.807) is 24.7 Å². The molecule has 2 N–H and O–H groups in total. The van der Waals surface area contributed by atoms with Crippen molar-refractivity contribution in [2.75, 3.05) is 0 Å². The molecule has 5 rings (SSSR count). The number of halogens is 3. The van der Waals surface area contributed by atoms with E-state index in [9.17, 15) is 18.0 Å². The lowest BCUT2D eigenvalue weighted by atomic mass is 10.0. The summed E-state index contributed by atoms with van der Waals surface area (Å²) in [6, 6.07) is 14.7. The van der Waals surface area contributed by atoms with Crippen molar-refractivity contribution in [2.45, 2.75) is 12.8 Å². The molecule has 3 heterocycles. The maximum absolute atomic E-state index is 12.4. The van der Waals surface area contributed by atoms with Crippen molar-refractivity contribution in [3.8, 4) is 27.4 Å². The number of nitrogens with two attached hydrogens (primary N) is 1. The smallest absolute Gasteiger partial charge is 0.406 e. The first-order chi connectivity index (χ1) is 17.3. The SMILES string of the molecule is NC(=O)c1nc2cccc(-c3cccnc3)c2nc1Cc1cnc(-c2ccc(OC(F)(F)F)cc2)s1. The van der Waals surface area contributed by atoms with Crippen molar-refractivity contribution in [1.29, 1.82) is 0 Å². The summed E-state index contributed by atoms with van der Waals surface area (Å²) in [6.45, 7) is 0. The molecule has 0 aliphatic heterocycles. The molecule has 0 fully saturated rings. The molecule has 36 heavy (non-hydrogen) atoms. The lowest BCUT2D eigenvalue weighted by Crippen LogP contribution is -2.17. The van der Waals surface area contributed by atoms with E-state index in [1.807, 2.05) is 24.3 Å². The number of ether oxygens (including phenoxy) is 1. The van der Waals surface area contributed by atoms with Gasteiger partial charge in [0.1, 0.15) is 10.8 Å². The molecule has 5 aromatic rings. The van der Waals surface area contributed by atoms with Gasteiger partial charge in [0.15, 0.2) is 5.69 Å². The van der Waals surface area contributed by atoms with Crippen molar-refractivity contribution >= 4 is 28.3 Å². The molecule has 0 aliphatic carbocycles. The largest absolute Gasteiger partial charge is 0.573 e. The van der Waals surface area contributed by atoms with E-state index in [0.717, 1.165) is 16.0 Å². The average molecular weight is 507 g/mol. The molecule has 0 atom stereocenters. The second-order valence-electron chi connectivity index (χ2n) is 7.68. The minimum Gasteiger partial charge on any atom is -0.406 e. The Morgan fingerprint density at radius 3 is 2.47 bits per heavy atom. The van der Waals surface area contributed by atoms with E-state index < -0.39 is 12.3 Å². The van der Waals surface area contributed by atoms with Crippen LogP contribution in [-0.2, 0) is 6.42 Å². The van der Waals surface area contributed by atoms with Gasteiger partial charge in [-0.2, -0.15) is 0 Å². The summed E-state index contributed by atoms with van der Waals surface area (Å²) in [5.74, 6) is -1.01. The van der Waals surface area contributed by atoms with Crippen LogP contribution in [0.2, 0.25) is 0 Å². The maximum atomic E-state index is 12.4. The van der Waals surface area contributed by atoms with Crippen molar-refractivity contribution in [1.82, 2.24) is 19.9 Å². The third-order valence-electron chi connectivity index (χ3n) is 5.20. The molecule has 11 heteroatoms. The molecule has 0 radical (unpaired) electrons. The van der Waals surface area contributed by atoms with Crippen LogP contribution >= 0.6 is 11.3 Å². The minimum absolute atomic E-state index is 0.0643. The average Bonchev–Trinajstić information content (AvgIpc) is 3.31. The van der Waals surface area contributed by atoms with Gasteiger partial charge in [0, 0.05) is 46.6 Å². The summed E-state index contributed by atoms with van der Waals surface area (Å²) in [5.41, 5.74) is 9.50. The maximum Gasteiger partial charge on any atom is 0.573 e. The molecule has 1 amide bonds. The number of hydrogen-bond acceptors (Lipinski definition) is 7. The van der Waals surface area contributed by atoms with Crippen molar-refractivity contribution in [3.63, 3.8) is 0 Å². The Morgan fingerprint density at radius 1 is 0.972 bits per heavy atom. The molecule has 3 aromatic heterocycles. The minimum atomic E-state index is -4.76. The van der Waals surface area contributed by atoms with Gasteiger partial charge in [-0.05, 0) is 36.4 Å². The summed E-state index contributed by atoms with van der Waals surface area (Å²) < 4.78 is 41.1. The van der Waals surface area contributed by atoms with Gasteiger partial charge in [0.25, 0.3) is 5.91 Å². The van der Waals surface area contributed by atoms with Crippen LogP contribution < -0.4 is 10.5 Å². The molecule has 0 spiro atoms. The Bertz CT molecular complexity index is 1550. The molecule has 0 aliphatic rings. The number of hydrogen-bond donors (Lipinski definition) is 1. The van der Waals surface area contributed by atoms with Crippen LogP contribution in [0.4, 0.5) is 13.2 Å². The number of amides is 1. The normalized spacial score (nSPS) is 11.5. The van der Waals surface area contributed by atoms with Crippen LogP contribution in [0, 0.1) is 0 Å². The van der Waals surface area contributed by atoms with Crippen LogP contribution in [0.1, 0.15) is 21.1 Å². The number of aromatic nitrogens is 4. The van der Waals surface area contributed by atoms with Gasteiger partial charge in [-0.15, -0.1) is 24.5 Å². The van der Waals surface area contributed by atoms with Gasteiger partial charge in [-0.25, -0.2) is 15.0 Å². The number of para-hydroxylation sites is 1. The van der Waals surface area contributed by atoms with E-state index in [0.29, 0.717) is 27.3 Å². The fourth-order valence-corrected chi connectivity index (χ4v) is 4.60. The monoisotopic (exact) mass is 507 g/mol. The van der Waals surface area contributed by atoms with Gasteiger partial charge in [-0.1, -0.05) is 18.2 Å². The van der Waals surface area contributed by atoms with E-state index in [2.05, 4.69) is 19.7 Å².